The van der Waals surface area contributed by atoms with Crippen molar-refractivity contribution >= 4 is 21.8 Å². The van der Waals surface area contributed by atoms with E-state index in [1.165, 1.54) is 19.3 Å². The molecule has 1 saturated carbocycles. The third kappa shape index (κ3) is 3.19. The Morgan fingerprint density at radius 3 is 2.68 bits per heavy atom. The number of hydrogen-bond acceptors (Lipinski definition) is 2. The largest absolute Gasteiger partial charge is 0.335 e. The van der Waals surface area contributed by atoms with Gasteiger partial charge in [0.1, 0.15) is 0 Å². The lowest BCUT2D eigenvalue weighted by Gasteiger charge is -2.34. The van der Waals surface area contributed by atoms with Gasteiger partial charge in [-0.15, -0.1) is 0 Å². The Morgan fingerprint density at radius 1 is 1.47 bits per heavy atom. The van der Waals surface area contributed by atoms with Crippen LogP contribution in [0.1, 0.15) is 48.2 Å². The monoisotopic (exact) mass is 327 g/mol. The zero-order chi connectivity index (χ0) is 13.8. The summed E-state index contributed by atoms with van der Waals surface area (Å²) in [6.07, 6.45) is 7.75. The molecule has 0 saturated heterocycles. The first-order chi connectivity index (χ1) is 9.15. The molecule has 0 radical (unpaired) electrons. The first kappa shape index (κ1) is 14.6. The van der Waals surface area contributed by atoms with Gasteiger partial charge < -0.3 is 4.90 Å². The van der Waals surface area contributed by atoms with E-state index in [1.54, 1.807) is 10.9 Å². The second-order valence-electron chi connectivity index (χ2n) is 5.25. The molecule has 5 heteroatoms. The summed E-state index contributed by atoms with van der Waals surface area (Å²) in [6, 6.07) is 0.401. The van der Waals surface area contributed by atoms with Gasteiger partial charge in [-0.25, -0.2) is 0 Å². The summed E-state index contributed by atoms with van der Waals surface area (Å²) >= 11 is 3.47. The molecule has 1 heterocycles. The lowest BCUT2D eigenvalue weighted by atomic mass is 9.93. The molecule has 1 aliphatic carbocycles. The number of halogens is 1. The lowest BCUT2D eigenvalue weighted by molar-refractivity contribution is 0.0650. The van der Waals surface area contributed by atoms with Crippen molar-refractivity contribution in [2.75, 3.05) is 11.9 Å². The van der Waals surface area contributed by atoms with Gasteiger partial charge in [0.25, 0.3) is 5.91 Å². The van der Waals surface area contributed by atoms with Gasteiger partial charge in [0.2, 0.25) is 0 Å². The summed E-state index contributed by atoms with van der Waals surface area (Å²) in [7, 11) is 1.88. The highest BCUT2D eigenvalue weighted by molar-refractivity contribution is 9.09. The minimum Gasteiger partial charge on any atom is -0.335 e. The maximum absolute atomic E-state index is 12.7. The van der Waals surface area contributed by atoms with Crippen LogP contribution in [0.2, 0.25) is 0 Å². The molecule has 1 aromatic rings. The maximum Gasteiger partial charge on any atom is 0.257 e. The summed E-state index contributed by atoms with van der Waals surface area (Å²) in [6.45, 7) is 2.73. The summed E-state index contributed by atoms with van der Waals surface area (Å²) in [5, 5.41) is 5.01. The number of alkyl halides is 1. The summed E-state index contributed by atoms with van der Waals surface area (Å²) in [5.41, 5.74) is 1.69. The van der Waals surface area contributed by atoms with E-state index in [2.05, 4.69) is 21.0 Å². The molecular weight excluding hydrogens is 306 g/mol. The average molecular weight is 328 g/mol. The normalized spacial score (nSPS) is 16.6. The van der Waals surface area contributed by atoms with Crippen LogP contribution >= 0.6 is 15.9 Å². The predicted molar refractivity (Wildman–Crippen MR) is 79.6 cm³/mol. The van der Waals surface area contributed by atoms with Gasteiger partial charge >= 0.3 is 0 Å². The standard InChI is InChI=1S/C14H22BrN3O/c1-11-13(10-16-17(11)2)14(19)18(9-8-15)12-6-4-3-5-7-12/h10,12H,3-9H2,1-2H3. The Bertz CT molecular complexity index is 438. The van der Waals surface area contributed by atoms with E-state index in [9.17, 15) is 4.79 Å². The Labute approximate surface area is 123 Å². The van der Waals surface area contributed by atoms with E-state index in [0.29, 0.717) is 6.04 Å². The molecule has 0 aromatic carbocycles. The summed E-state index contributed by atoms with van der Waals surface area (Å²) in [4.78, 5) is 14.8. The van der Waals surface area contributed by atoms with Crippen molar-refractivity contribution in [1.82, 2.24) is 14.7 Å². The van der Waals surface area contributed by atoms with Gasteiger partial charge in [0.05, 0.1) is 11.8 Å². The van der Waals surface area contributed by atoms with Gasteiger partial charge in [-0.1, -0.05) is 35.2 Å². The van der Waals surface area contributed by atoms with Crippen LogP contribution in [0.3, 0.4) is 0 Å². The van der Waals surface area contributed by atoms with Gasteiger partial charge in [-0.05, 0) is 19.8 Å². The molecule has 1 aliphatic rings. The van der Waals surface area contributed by atoms with E-state index in [-0.39, 0.29) is 5.91 Å². The van der Waals surface area contributed by atoms with Crippen molar-refractivity contribution in [3.05, 3.63) is 17.5 Å². The predicted octanol–water partition coefficient (Wildman–Crippen LogP) is 2.90. The first-order valence-corrected chi connectivity index (χ1v) is 8.13. The van der Waals surface area contributed by atoms with Crippen LogP contribution < -0.4 is 0 Å². The third-order valence-electron chi connectivity index (χ3n) is 4.07. The molecule has 0 N–H and O–H groups in total. The fourth-order valence-corrected chi connectivity index (χ4v) is 3.18. The van der Waals surface area contributed by atoms with Crippen LogP contribution in [0.15, 0.2) is 6.20 Å². The molecule has 0 unspecified atom stereocenters. The van der Waals surface area contributed by atoms with Gasteiger partial charge in [0, 0.05) is 30.7 Å². The van der Waals surface area contributed by atoms with Crippen LogP contribution in [-0.4, -0.2) is 38.5 Å². The topological polar surface area (TPSA) is 38.1 Å². The zero-order valence-electron chi connectivity index (χ0n) is 11.7. The molecule has 1 amide bonds. The Kier molecular flexibility index (Phi) is 5.02. The second-order valence-corrected chi connectivity index (χ2v) is 6.04. The molecular formula is C14H22BrN3O. The highest BCUT2D eigenvalue weighted by Crippen LogP contribution is 2.24. The smallest absolute Gasteiger partial charge is 0.257 e. The van der Waals surface area contributed by atoms with E-state index >= 15 is 0 Å². The summed E-state index contributed by atoms with van der Waals surface area (Å²) < 4.78 is 1.76. The van der Waals surface area contributed by atoms with Crippen molar-refractivity contribution in [2.24, 2.45) is 7.05 Å². The van der Waals surface area contributed by atoms with E-state index in [0.717, 1.165) is 36.0 Å². The SMILES string of the molecule is Cc1c(C(=O)N(CCBr)C2CCCCC2)cnn1C. The quantitative estimate of drug-likeness (QED) is 0.797. The first-order valence-electron chi connectivity index (χ1n) is 7.00. The van der Waals surface area contributed by atoms with Crippen LogP contribution in [0.5, 0.6) is 0 Å². The molecule has 1 aromatic heterocycles. The lowest BCUT2D eigenvalue weighted by Crippen LogP contribution is -2.42. The Balaban J connectivity index is 2.18. The number of carbonyl (C=O) groups excluding carboxylic acids is 1. The van der Waals surface area contributed by atoms with Crippen molar-refractivity contribution in [2.45, 2.75) is 45.1 Å². The van der Waals surface area contributed by atoms with Crippen molar-refractivity contribution in [3.63, 3.8) is 0 Å². The minimum atomic E-state index is 0.136. The van der Waals surface area contributed by atoms with E-state index < -0.39 is 0 Å². The van der Waals surface area contributed by atoms with E-state index in [4.69, 9.17) is 0 Å². The van der Waals surface area contributed by atoms with Crippen LogP contribution in [0.25, 0.3) is 0 Å². The maximum atomic E-state index is 12.7. The molecule has 0 atom stereocenters. The van der Waals surface area contributed by atoms with Crippen molar-refractivity contribution < 1.29 is 4.79 Å². The van der Waals surface area contributed by atoms with Crippen LogP contribution in [-0.2, 0) is 7.05 Å². The fourth-order valence-electron chi connectivity index (χ4n) is 2.80. The second kappa shape index (κ2) is 6.55. The number of nitrogens with zero attached hydrogens (tertiary/aromatic N) is 3. The molecule has 0 spiro atoms. The molecule has 19 heavy (non-hydrogen) atoms. The summed E-state index contributed by atoms with van der Waals surface area (Å²) in [5.74, 6) is 0.136. The zero-order valence-corrected chi connectivity index (χ0v) is 13.3. The molecule has 106 valence electrons. The van der Waals surface area contributed by atoms with Gasteiger partial charge in [-0.3, -0.25) is 9.48 Å². The van der Waals surface area contributed by atoms with Crippen LogP contribution in [0.4, 0.5) is 0 Å². The highest BCUT2D eigenvalue weighted by atomic mass is 79.9. The minimum absolute atomic E-state index is 0.136. The number of aryl methyl sites for hydroxylation is 1. The Hall–Kier alpha value is -0.840. The number of rotatable bonds is 4. The molecule has 0 aliphatic heterocycles. The molecule has 1 fully saturated rings. The third-order valence-corrected chi connectivity index (χ3v) is 4.42. The molecule has 2 rings (SSSR count). The fraction of sp³-hybridized carbons (Fsp3) is 0.714. The van der Waals surface area contributed by atoms with Crippen molar-refractivity contribution in [3.8, 4) is 0 Å². The van der Waals surface area contributed by atoms with Crippen LogP contribution in [0, 0.1) is 6.92 Å². The van der Waals surface area contributed by atoms with Gasteiger partial charge in [-0.2, -0.15) is 5.10 Å². The Morgan fingerprint density at radius 2 is 2.16 bits per heavy atom. The molecule has 4 nitrogen and oxygen atoms in total. The number of amides is 1. The van der Waals surface area contributed by atoms with Gasteiger partial charge in [0.15, 0.2) is 0 Å². The number of carbonyl (C=O) groups is 1. The van der Waals surface area contributed by atoms with E-state index in [1.807, 2.05) is 18.9 Å². The highest BCUT2D eigenvalue weighted by Gasteiger charge is 2.27. The van der Waals surface area contributed by atoms with Crippen molar-refractivity contribution in [1.29, 1.82) is 0 Å². The molecule has 0 bridgehead atoms. The average Bonchev–Trinajstić information content (AvgIpc) is 2.77. The number of aromatic nitrogens is 2. The number of hydrogen-bond donors (Lipinski definition) is 0.